The van der Waals surface area contributed by atoms with E-state index in [1.54, 1.807) is 27.8 Å². The van der Waals surface area contributed by atoms with Crippen molar-refractivity contribution < 1.29 is 16.8 Å². The van der Waals surface area contributed by atoms with Crippen LogP contribution in [-0.4, -0.2) is 33.9 Å². The molecule has 0 saturated carbocycles. The molecular weight excluding hydrogens is 452 g/mol. The Kier molecular flexibility index (Phi) is 5.95. The standard InChI is InChI=1S/C22H24N2O4S3/c1-16-13-24(31(27,28)15-17-6-4-3-5-7-17)14-22-20(16)12-21(29-22)18-8-10-19(11-9-18)23-30(2,25)26/h3-12,16,23H,13-15H2,1-2H3. The molecule has 0 saturated heterocycles. The van der Waals surface area contributed by atoms with E-state index in [1.165, 1.54) is 5.56 Å². The number of nitrogens with zero attached hydrogens (tertiary/aromatic N) is 1. The van der Waals surface area contributed by atoms with Gasteiger partial charge in [0.2, 0.25) is 20.0 Å². The first-order chi connectivity index (χ1) is 14.6. The predicted octanol–water partition coefficient (Wildman–Crippen LogP) is 4.24. The van der Waals surface area contributed by atoms with Gasteiger partial charge < -0.3 is 0 Å². The average Bonchev–Trinajstić information content (AvgIpc) is 3.13. The summed E-state index contributed by atoms with van der Waals surface area (Å²) in [7, 11) is -6.73. The second-order valence-corrected chi connectivity index (χ2v) is 12.7. The molecule has 1 aromatic heterocycles. The Morgan fingerprint density at radius 3 is 2.35 bits per heavy atom. The molecule has 0 bridgehead atoms. The first-order valence-electron chi connectivity index (χ1n) is 9.83. The van der Waals surface area contributed by atoms with Gasteiger partial charge in [0.05, 0.1) is 12.0 Å². The maximum atomic E-state index is 13.0. The smallest absolute Gasteiger partial charge is 0.229 e. The zero-order valence-corrected chi connectivity index (χ0v) is 19.7. The Morgan fingerprint density at radius 1 is 1.03 bits per heavy atom. The van der Waals surface area contributed by atoms with Gasteiger partial charge in [-0.05, 0) is 40.8 Å². The lowest BCUT2D eigenvalue weighted by Crippen LogP contribution is -2.37. The van der Waals surface area contributed by atoms with E-state index < -0.39 is 20.0 Å². The fourth-order valence-electron chi connectivity index (χ4n) is 3.76. The van der Waals surface area contributed by atoms with Crippen molar-refractivity contribution in [3.63, 3.8) is 0 Å². The van der Waals surface area contributed by atoms with Gasteiger partial charge in [-0.25, -0.2) is 16.8 Å². The molecule has 3 aromatic rings. The van der Waals surface area contributed by atoms with Gasteiger partial charge in [-0.3, -0.25) is 4.72 Å². The van der Waals surface area contributed by atoms with Gasteiger partial charge in [0.15, 0.2) is 0 Å². The van der Waals surface area contributed by atoms with Crippen LogP contribution in [0.3, 0.4) is 0 Å². The highest BCUT2D eigenvalue weighted by Crippen LogP contribution is 2.40. The number of rotatable bonds is 6. The van der Waals surface area contributed by atoms with Crippen molar-refractivity contribution in [3.8, 4) is 10.4 Å². The maximum Gasteiger partial charge on any atom is 0.229 e. The molecule has 9 heteroatoms. The molecule has 1 aliphatic heterocycles. The number of hydrogen-bond donors (Lipinski definition) is 1. The summed E-state index contributed by atoms with van der Waals surface area (Å²) in [6, 6.07) is 18.6. The van der Waals surface area contributed by atoms with Crippen LogP contribution in [0.1, 0.15) is 28.8 Å². The van der Waals surface area contributed by atoms with Crippen molar-refractivity contribution in [1.82, 2.24) is 4.31 Å². The van der Waals surface area contributed by atoms with E-state index in [0.29, 0.717) is 18.8 Å². The van der Waals surface area contributed by atoms with Crippen molar-refractivity contribution in [1.29, 1.82) is 0 Å². The Labute approximate surface area is 187 Å². The number of thiophene rings is 1. The summed E-state index contributed by atoms with van der Waals surface area (Å²) in [5.41, 5.74) is 3.46. The van der Waals surface area contributed by atoms with Gasteiger partial charge in [0.1, 0.15) is 0 Å². The SMILES string of the molecule is CC1CN(S(=O)(=O)Cc2ccccc2)Cc2sc(-c3ccc(NS(C)(=O)=O)cc3)cc21. The molecule has 0 amide bonds. The minimum absolute atomic E-state index is 0.00290. The summed E-state index contributed by atoms with van der Waals surface area (Å²) >= 11 is 1.59. The lowest BCUT2D eigenvalue weighted by Gasteiger charge is -2.30. The summed E-state index contributed by atoms with van der Waals surface area (Å²) < 4.78 is 52.9. The van der Waals surface area contributed by atoms with Gasteiger partial charge in [-0.2, -0.15) is 4.31 Å². The highest BCUT2D eigenvalue weighted by atomic mass is 32.2. The predicted molar refractivity (Wildman–Crippen MR) is 126 cm³/mol. The summed E-state index contributed by atoms with van der Waals surface area (Å²) in [5.74, 6) is 0.105. The van der Waals surface area contributed by atoms with Crippen molar-refractivity contribution >= 4 is 37.1 Å². The van der Waals surface area contributed by atoms with E-state index >= 15 is 0 Å². The maximum absolute atomic E-state index is 13.0. The second-order valence-electron chi connectivity index (χ2n) is 7.88. The first-order valence-corrected chi connectivity index (χ1v) is 14.1. The molecule has 164 valence electrons. The van der Waals surface area contributed by atoms with Crippen LogP contribution in [0.15, 0.2) is 60.7 Å². The minimum atomic E-state index is -3.42. The molecule has 0 spiro atoms. The van der Waals surface area contributed by atoms with Crippen LogP contribution in [0.2, 0.25) is 0 Å². The first kappa shape index (κ1) is 22.0. The van der Waals surface area contributed by atoms with Crippen molar-refractivity contribution in [3.05, 3.63) is 76.7 Å². The second kappa shape index (κ2) is 8.38. The topological polar surface area (TPSA) is 83.6 Å². The number of hydrogen-bond acceptors (Lipinski definition) is 5. The zero-order chi connectivity index (χ0) is 22.2. The van der Waals surface area contributed by atoms with E-state index in [-0.39, 0.29) is 11.7 Å². The van der Waals surface area contributed by atoms with E-state index in [0.717, 1.165) is 27.1 Å². The van der Waals surface area contributed by atoms with Crippen LogP contribution in [-0.2, 0) is 32.3 Å². The molecule has 31 heavy (non-hydrogen) atoms. The van der Waals surface area contributed by atoms with Crippen molar-refractivity contribution in [2.45, 2.75) is 25.1 Å². The van der Waals surface area contributed by atoms with Crippen LogP contribution in [0.25, 0.3) is 10.4 Å². The summed E-state index contributed by atoms with van der Waals surface area (Å²) in [4.78, 5) is 2.11. The van der Waals surface area contributed by atoms with Gasteiger partial charge in [0, 0.05) is 28.5 Å². The van der Waals surface area contributed by atoms with Gasteiger partial charge in [-0.1, -0.05) is 49.4 Å². The third-order valence-electron chi connectivity index (χ3n) is 5.23. The molecule has 1 aliphatic rings. The molecule has 1 atom stereocenters. The third-order valence-corrected chi connectivity index (χ3v) is 8.78. The molecular formula is C22H24N2O4S3. The van der Waals surface area contributed by atoms with Crippen LogP contribution in [0.5, 0.6) is 0 Å². The molecule has 6 nitrogen and oxygen atoms in total. The number of sulfonamides is 2. The number of benzene rings is 2. The van der Waals surface area contributed by atoms with Crippen molar-refractivity contribution in [2.24, 2.45) is 0 Å². The molecule has 0 fully saturated rings. The lowest BCUT2D eigenvalue weighted by molar-refractivity contribution is 0.367. The Morgan fingerprint density at radius 2 is 1.71 bits per heavy atom. The molecule has 2 aromatic carbocycles. The number of nitrogens with one attached hydrogen (secondary N) is 1. The summed E-state index contributed by atoms with van der Waals surface area (Å²) in [6.07, 6.45) is 1.12. The van der Waals surface area contributed by atoms with Crippen LogP contribution >= 0.6 is 11.3 Å². The lowest BCUT2D eigenvalue weighted by atomic mass is 9.98. The Hall–Kier alpha value is -2.20. The van der Waals surface area contributed by atoms with Crippen LogP contribution in [0, 0.1) is 0 Å². The minimum Gasteiger partial charge on any atom is -0.284 e. The normalized spacial score (nSPS) is 17.3. The Bertz CT molecular complexity index is 1280. The fourth-order valence-corrected chi connectivity index (χ4v) is 7.28. The van der Waals surface area contributed by atoms with E-state index in [9.17, 15) is 16.8 Å². The number of anilines is 1. The largest absolute Gasteiger partial charge is 0.284 e. The summed E-state index contributed by atoms with van der Waals surface area (Å²) in [5, 5.41) is 0. The van der Waals surface area contributed by atoms with Gasteiger partial charge in [-0.15, -0.1) is 11.3 Å². The average molecular weight is 477 g/mol. The Balaban J connectivity index is 1.55. The highest BCUT2D eigenvalue weighted by molar-refractivity contribution is 7.92. The highest BCUT2D eigenvalue weighted by Gasteiger charge is 2.32. The summed E-state index contributed by atoms with van der Waals surface area (Å²) in [6.45, 7) is 2.90. The quantitative estimate of drug-likeness (QED) is 0.577. The van der Waals surface area contributed by atoms with Crippen molar-refractivity contribution in [2.75, 3.05) is 17.5 Å². The molecule has 1 unspecified atom stereocenters. The zero-order valence-electron chi connectivity index (χ0n) is 17.3. The van der Waals surface area contributed by atoms with Gasteiger partial charge in [0.25, 0.3) is 0 Å². The fraction of sp³-hybridized carbons (Fsp3) is 0.273. The number of fused-ring (bicyclic) bond motifs is 1. The molecule has 2 heterocycles. The van der Waals surface area contributed by atoms with Crippen LogP contribution in [0.4, 0.5) is 5.69 Å². The van der Waals surface area contributed by atoms with Crippen LogP contribution < -0.4 is 4.72 Å². The van der Waals surface area contributed by atoms with E-state index in [4.69, 9.17) is 0 Å². The van der Waals surface area contributed by atoms with E-state index in [2.05, 4.69) is 17.7 Å². The molecule has 1 N–H and O–H groups in total. The molecule has 4 rings (SSSR count). The van der Waals surface area contributed by atoms with Gasteiger partial charge >= 0.3 is 0 Å². The third kappa shape index (κ3) is 5.17. The monoisotopic (exact) mass is 476 g/mol. The van der Waals surface area contributed by atoms with E-state index in [1.807, 2.05) is 42.5 Å². The molecule has 0 aliphatic carbocycles. The molecule has 0 radical (unpaired) electrons.